The van der Waals surface area contributed by atoms with Gasteiger partial charge in [0, 0.05) is 30.1 Å². The zero-order valence-corrected chi connectivity index (χ0v) is 17.0. The van der Waals surface area contributed by atoms with E-state index in [-0.39, 0.29) is 59.8 Å². The van der Waals surface area contributed by atoms with Gasteiger partial charge in [-0.15, -0.1) is 0 Å². The summed E-state index contributed by atoms with van der Waals surface area (Å²) in [4.78, 5) is 50.6. The summed E-state index contributed by atoms with van der Waals surface area (Å²) in [6.07, 6.45) is 0.737. The van der Waals surface area contributed by atoms with Crippen molar-refractivity contribution in [3.05, 3.63) is 41.3 Å². The van der Waals surface area contributed by atoms with Crippen LogP contribution in [0.15, 0.2) is 35.7 Å². The van der Waals surface area contributed by atoms with Gasteiger partial charge in [0.15, 0.2) is 11.5 Å². The molecule has 3 atom stereocenters. The molecule has 0 aliphatic carbocycles. The first kappa shape index (κ1) is 24.0. The van der Waals surface area contributed by atoms with E-state index >= 15 is 0 Å². The molecule has 4 rings (SSSR count). The molecule has 0 aromatic heterocycles. The minimum atomic E-state index is -4.01. The van der Waals surface area contributed by atoms with Crippen molar-refractivity contribution in [3.8, 4) is 0 Å². The zero-order valence-electron chi connectivity index (χ0n) is 16.1. The number of urea groups is 1. The van der Waals surface area contributed by atoms with Crippen LogP contribution in [0.4, 0.5) is 10.5 Å². The molecule has 1 aromatic carbocycles. The van der Waals surface area contributed by atoms with E-state index in [9.17, 15) is 32.7 Å². The number of primary amides is 1. The van der Waals surface area contributed by atoms with Gasteiger partial charge in [0.2, 0.25) is 5.91 Å². The maximum absolute atomic E-state index is 12.8. The van der Waals surface area contributed by atoms with E-state index in [1.165, 1.54) is 29.2 Å². The number of anilines is 1. The van der Waals surface area contributed by atoms with Crippen molar-refractivity contribution < 1.29 is 36.9 Å². The average Bonchev–Trinajstić information content (AvgIpc) is 3.02. The van der Waals surface area contributed by atoms with Crippen molar-refractivity contribution in [1.82, 2.24) is 9.80 Å². The summed E-state index contributed by atoms with van der Waals surface area (Å²) in [5, 5.41) is 12.1. The van der Waals surface area contributed by atoms with Crippen molar-refractivity contribution in [2.45, 2.75) is 18.5 Å². The van der Waals surface area contributed by atoms with E-state index in [0.717, 1.165) is 11.2 Å². The molecule has 4 amide bonds. The van der Waals surface area contributed by atoms with Crippen molar-refractivity contribution in [3.63, 3.8) is 0 Å². The van der Waals surface area contributed by atoms with Gasteiger partial charge in [0.05, 0.1) is 12.3 Å². The van der Waals surface area contributed by atoms with Crippen LogP contribution in [0.5, 0.6) is 0 Å². The molecule has 0 bridgehead atoms. The predicted octanol–water partition coefficient (Wildman–Crippen LogP) is -1.14. The molecule has 3 aliphatic heterocycles. The van der Waals surface area contributed by atoms with E-state index in [0.29, 0.717) is 5.69 Å². The molecular formula is C18H19N4NaO8S. The number of amides is 4. The number of likely N-dealkylation sites (tertiary alicyclic amines) is 1. The van der Waals surface area contributed by atoms with Crippen molar-refractivity contribution in [2.75, 3.05) is 18.1 Å². The van der Waals surface area contributed by atoms with Gasteiger partial charge in [0.1, 0.15) is 6.04 Å². The molecule has 0 radical (unpaired) electrons. The summed E-state index contributed by atoms with van der Waals surface area (Å²) in [6.45, 7) is 0.103. The van der Waals surface area contributed by atoms with Gasteiger partial charge in [-0.3, -0.25) is 14.5 Å². The Morgan fingerprint density at radius 1 is 1.22 bits per heavy atom. The third kappa shape index (κ3) is 4.08. The van der Waals surface area contributed by atoms with E-state index in [1.807, 2.05) is 0 Å². The molecule has 1 aromatic rings. The number of hydrogen-bond acceptors (Lipinski definition) is 7. The van der Waals surface area contributed by atoms with Gasteiger partial charge in [-0.25, -0.2) is 9.59 Å². The molecule has 14 heteroatoms. The first-order valence-electron chi connectivity index (χ1n) is 9.14. The molecule has 3 aliphatic rings. The molecule has 0 unspecified atom stereocenters. The third-order valence-corrected chi connectivity index (χ3v) is 5.95. The molecular weight excluding hydrogens is 455 g/mol. The number of rotatable bonds is 5. The number of carboxylic acid groups (broad SMARTS) is 1. The molecule has 2 fully saturated rings. The zero-order chi connectivity index (χ0) is 22.7. The number of allylic oxidation sites excluding steroid dienone is 1. The second-order valence-corrected chi connectivity index (χ2v) is 9.07. The van der Waals surface area contributed by atoms with Gasteiger partial charge in [-0.1, -0.05) is 0 Å². The normalized spacial score (nSPS) is 23.7. The number of benzene rings is 1. The molecule has 0 spiro atoms. The number of nitrogens with zero attached hydrogens (tertiary/aromatic N) is 2. The summed E-state index contributed by atoms with van der Waals surface area (Å²) in [5.41, 5.74) is 5.30. The topological polar surface area (TPSA) is 176 Å². The number of carbonyl (C=O) groups is 4. The average molecular weight is 474 g/mol. The maximum atomic E-state index is 12.8. The van der Waals surface area contributed by atoms with Crippen LogP contribution >= 0.6 is 0 Å². The fourth-order valence-electron chi connectivity index (χ4n) is 4.27. The quantitative estimate of drug-likeness (QED) is 0.272. The predicted molar refractivity (Wildman–Crippen MR) is 111 cm³/mol. The number of nitrogens with two attached hydrogens (primary N) is 1. The Labute approximate surface area is 204 Å². The number of carbonyl (C=O) groups excluding carboxylic acids is 3. The fraction of sp³-hybridized carbons (Fsp3) is 0.333. The minimum absolute atomic E-state index is 0. The monoisotopic (exact) mass is 474 g/mol. The van der Waals surface area contributed by atoms with Crippen molar-refractivity contribution in [2.24, 2.45) is 11.7 Å². The number of carboxylic acids is 1. The summed E-state index contributed by atoms with van der Waals surface area (Å²) >= 11 is 0. The molecule has 2 saturated heterocycles. The Bertz CT molecular complexity index is 1150. The van der Waals surface area contributed by atoms with E-state index in [1.54, 1.807) is 0 Å². The van der Waals surface area contributed by atoms with Crippen LogP contribution in [-0.2, 0) is 23.9 Å². The van der Waals surface area contributed by atoms with Gasteiger partial charge < -0.3 is 25.2 Å². The molecule has 4 N–H and O–H groups in total. The Balaban J connectivity index is 0.00000289. The first-order chi connectivity index (χ1) is 14.5. The van der Waals surface area contributed by atoms with Crippen LogP contribution in [0.3, 0.4) is 0 Å². The first-order valence-corrected chi connectivity index (χ1v) is 11.0. The van der Waals surface area contributed by atoms with Gasteiger partial charge in [0.25, 0.3) is 5.91 Å². The molecule has 12 nitrogen and oxygen atoms in total. The van der Waals surface area contributed by atoms with E-state index < -0.39 is 51.7 Å². The number of hydrogen-bond donors (Lipinski definition) is 3. The van der Waals surface area contributed by atoms with Crippen LogP contribution < -0.4 is 11.1 Å². The standard InChI is InChI=1S/C18H18N4O8S.Na.H/c1-31(28,29)30-11-6-9-7-21(14-12(9)22(16(14)24)13(11)17(25)26)18(27)20-10-4-2-8(3-5-10)15(19)23;;/h2-5,9,12,14H,6-7H2,1H3,(H2,19,23)(H,20,27)(H,25,26);;/t9-,12-,14+;;/m1../s1. The summed E-state index contributed by atoms with van der Waals surface area (Å²) < 4.78 is 27.9. The number of β-lactam (4-membered cyclic amide) rings is 1. The Hall–Kier alpha value is -2.61. The van der Waals surface area contributed by atoms with Gasteiger partial charge in [-0.2, -0.15) is 8.42 Å². The van der Waals surface area contributed by atoms with Crippen LogP contribution in [0, 0.1) is 5.92 Å². The summed E-state index contributed by atoms with van der Waals surface area (Å²) in [6, 6.07) is 3.83. The van der Waals surface area contributed by atoms with Crippen molar-refractivity contribution >= 4 is 69.2 Å². The van der Waals surface area contributed by atoms with E-state index in [4.69, 9.17) is 9.92 Å². The van der Waals surface area contributed by atoms with Gasteiger partial charge in [-0.05, 0) is 24.3 Å². The Morgan fingerprint density at radius 3 is 2.38 bits per heavy atom. The molecule has 0 saturated carbocycles. The molecule has 32 heavy (non-hydrogen) atoms. The number of aliphatic carboxylic acids is 1. The SMILES string of the molecule is CS(=O)(=O)OC1=C(C(=O)O)N2C(=O)[C@@H]3[C@H]2[C@H](C1)CN3C(=O)Nc1ccc(C(N)=O)cc1.[NaH]. The molecule has 166 valence electrons. The van der Waals surface area contributed by atoms with Gasteiger partial charge >= 0.3 is 51.7 Å². The Morgan fingerprint density at radius 2 is 1.84 bits per heavy atom. The summed E-state index contributed by atoms with van der Waals surface area (Å²) in [7, 11) is -4.01. The number of nitrogens with one attached hydrogen (secondary N) is 1. The Kier molecular flexibility index (Phi) is 6.30. The summed E-state index contributed by atoms with van der Waals surface area (Å²) in [5.74, 6) is -3.44. The fourth-order valence-corrected chi connectivity index (χ4v) is 4.78. The van der Waals surface area contributed by atoms with Crippen molar-refractivity contribution in [1.29, 1.82) is 0 Å². The van der Waals surface area contributed by atoms with Crippen LogP contribution in [0.25, 0.3) is 0 Å². The third-order valence-electron chi connectivity index (χ3n) is 5.45. The van der Waals surface area contributed by atoms with Crippen LogP contribution in [0.1, 0.15) is 16.8 Å². The van der Waals surface area contributed by atoms with Crippen LogP contribution in [-0.4, -0.2) is 102 Å². The molecule has 3 heterocycles. The second kappa shape index (κ2) is 8.39. The van der Waals surface area contributed by atoms with E-state index in [2.05, 4.69) is 5.32 Å². The van der Waals surface area contributed by atoms with Crippen LogP contribution in [0.2, 0.25) is 0 Å². The second-order valence-electron chi connectivity index (χ2n) is 7.50.